The van der Waals surface area contributed by atoms with E-state index in [4.69, 9.17) is 28.4 Å². The van der Waals surface area contributed by atoms with E-state index in [2.05, 4.69) is 56.6 Å². The maximum absolute atomic E-state index is 5.84. The van der Waals surface area contributed by atoms with Crippen LogP contribution in [0.15, 0.2) is 47.4 Å². The summed E-state index contributed by atoms with van der Waals surface area (Å²) in [5, 5.41) is 6.47. The van der Waals surface area contributed by atoms with Crippen LogP contribution in [-0.2, 0) is 41.9 Å². The van der Waals surface area contributed by atoms with Crippen molar-refractivity contribution in [2.24, 2.45) is 0 Å². The summed E-state index contributed by atoms with van der Waals surface area (Å²) in [5.74, 6) is 0. The number of ether oxygens (including phenoxy) is 6. The van der Waals surface area contributed by atoms with Crippen molar-refractivity contribution >= 4 is 22.7 Å². The Kier molecular flexibility index (Phi) is 10.9. The molecule has 1 aliphatic rings. The fourth-order valence-corrected chi connectivity index (χ4v) is 5.08. The first-order valence-electron chi connectivity index (χ1n) is 11.4. The topological polar surface area (TPSA) is 63.1 Å². The summed E-state index contributed by atoms with van der Waals surface area (Å²) in [7, 11) is 0. The monoisotopic (exact) mass is 508 g/mol. The molecule has 0 unspecified atom stereocenters. The first-order valence-corrected chi connectivity index (χ1v) is 13.2. The third-order valence-electron chi connectivity index (χ3n) is 5.04. The molecular formula is C24H32N2O6S2+2. The highest BCUT2D eigenvalue weighted by molar-refractivity contribution is 7.13. The largest absolute Gasteiger partial charge is 0.377 e. The van der Waals surface area contributed by atoms with Crippen LogP contribution < -0.4 is 9.13 Å². The lowest BCUT2D eigenvalue weighted by molar-refractivity contribution is -0.719. The second-order valence-electron chi connectivity index (χ2n) is 7.46. The Morgan fingerprint density at radius 3 is 1.32 bits per heavy atom. The molecule has 0 aliphatic carbocycles. The molecule has 0 radical (unpaired) electrons. The van der Waals surface area contributed by atoms with Crippen LogP contribution >= 0.6 is 22.7 Å². The van der Waals surface area contributed by atoms with Crippen molar-refractivity contribution in [2.45, 2.75) is 13.5 Å². The summed E-state index contributed by atoms with van der Waals surface area (Å²) in [6.07, 6.45) is 4.11. The molecule has 2 aromatic heterocycles. The zero-order valence-corrected chi connectivity index (χ0v) is 20.9. The molecule has 1 aromatic carbocycles. The standard InChI is InChI=1S/C24H32N2O6S2/c1-2-21-18-22(3-1)24-26(5-17-34-24)20-32-15-13-30-11-9-28-7-6-27-8-10-29-12-14-31-19-25-4-16-33-23(21)25/h1-5,16-18H,6-15,19-20H2/q+2. The van der Waals surface area contributed by atoms with Gasteiger partial charge < -0.3 is 28.4 Å². The third-order valence-corrected chi connectivity index (χ3v) is 6.94. The quantitative estimate of drug-likeness (QED) is 0.435. The van der Waals surface area contributed by atoms with E-state index in [-0.39, 0.29) is 0 Å². The van der Waals surface area contributed by atoms with Crippen molar-refractivity contribution < 1.29 is 37.6 Å². The van der Waals surface area contributed by atoms with Crippen LogP contribution in [0.1, 0.15) is 0 Å². The number of fused-ring (bicyclic) bond motifs is 6. The Morgan fingerprint density at radius 2 is 0.912 bits per heavy atom. The van der Waals surface area contributed by atoms with Crippen molar-refractivity contribution in [3.8, 4) is 21.1 Å². The molecule has 0 amide bonds. The van der Waals surface area contributed by atoms with Crippen LogP contribution in [0, 0.1) is 0 Å². The first kappa shape index (κ1) is 25.3. The summed E-state index contributed by atoms with van der Waals surface area (Å²) in [5.41, 5.74) is 2.32. The van der Waals surface area contributed by atoms with Crippen molar-refractivity contribution in [2.75, 3.05) is 66.1 Å². The van der Waals surface area contributed by atoms with Gasteiger partial charge in [0.05, 0.1) is 88.0 Å². The molecule has 3 aromatic rings. The minimum absolute atomic E-state index is 0.481. The van der Waals surface area contributed by atoms with Crippen LogP contribution in [0.2, 0.25) is 0 Å². The lowest BCUT2D eigenvalue weighted by Crippen LogP contribution is -2.35. The van der Waals surface area contributed by atoms with Crippen LogP contribution in [0.4, 0.5) is 0 Å². The molecule has 0 saturated carbocycles. The molecule has 34 heavy (non-hydrogen) atoms. The van der Waals surface area contributed by atoms with Gasteiger partial charge in [0.2, 0.25) is 0 Å². The average molecular weight is 509 g/mol. The van der Waals surface area contributed by atoms with Crippen molar-refractivity contribution in [3.05, 3.63) is 47.4 Å². The highest BCUT2D eigenvalue weighted by atomic mass is 32.1. The summed E-state index contributed by atoms with van der Waals surface area (Å²) >= 11 is 3.40. The lowest BCUT2D eigenvalue weighted by atomic mass is 10.1. The maximum Gasteiger partial charge on any atom is 0.271 e. The molecule has 8 nitrogen and oxygen atoms in total. The molecule has 184 valence electrons. The zero-order chi connectivity index (χ0) is 23.3. The summed E-state index contributed by atoms with van der Waals surface area (Å²) < 4.78 is 38.1. The van der Waals surface area contributed by atoms with E-state index in [1.54, 1.807) is 22.7 Å². The smallest absolute Gasteiger partial charge is 0.271 e. The van der Waals surface area contributed by atoms with E-state index in [0.717, 1.165) is 21.1 Å². The van der Waals surface area contributed by atoms with Gasteiger partial charge in [0, 0.05) is 0 Å². The Bertz CT molecular complexity index is 906. The predicted molar refractivity (Wildman–Crippen MR) is 129 cm³/mol. The number of hydrogen-bond donors (Lipinski definition) is 0. The van der Waals surface area contributed by atoms with Gasteiger partial charge in [0.25, 0.3) is 23.5 Å². The number of hydrogen-bond acceptors (Lipinski definition) is 8. The fourth-order valence-electron chi connectivity index (χ4n) is 3.39. The van der Waals surface area contributed by atoms with Gasteiger partial charge in [-0.05, 0) is 18.2 Å². The van der Waals surface area contributed by atoms with Crippen molar-refractivity contribution in [3.63, 3.8) is 0 Å². The van der Waals surface area contributed by atoms with Gasteiger partial charge in [-0.1, -0.05) is 28.7 Å². The Morgan fingerprint density at radius 1 is 0.529 bits per heavy atom. The molecular weight excluding hydrogens is 476 g/mol. The first-order chi connectivity index (χ1) is 16.9. The molecule has 3 heterocycles. The molecule has 10 heteroatoms. The normalized spacial score (nSPS) is 18.2. The van der Waals surface area contributed by atoms with Crippen molar-refractivity contribution in [1.82, 2.24) is 0 Å². The number of benzene rings is 1. The van der Waals surface area contributed by atoms with Gasteiger partial charge in [0.1, 0.15) is 0 Å². The minimum Gasteiger partial charge on any atom is -0.377 e. The lowest BCUT2D eigenvalue weighted by Gasteiger charge is -2.07. The van der Waals surface area contributed by atoms with Gasteiger partial charge in [-0.15, -0.1) is 0 Å². The van der Waals surface area contributed by atoms with E-state index in [9.17, 15) is 0 Å². The van der Waals surface area contributed by atoms with E-state index in [0.29, 0.717) is 79.5 Å². The molecule has 0 N–H and O–H groups in total. The molecule has 1 aliphatic heterocycles. The van der Waals surface area contributed by atoms with Gasteiger partial charge in [-0.3, -0.25) is 0 Å². The summed E-state index contributed by atoms with van der Waals surface area (Å²) in [6.45, 7) is 6.34. The van der Waals surface area contributed by atoms with E-state index in [1.165, 1.54) is 0 Å². The number of aromatic nitrogens is 2. The van der Waals surface area contributed by atoms with Gasteiger partial charge in [-0.2, -0.15) is 9.13 Å². The van der Waals surface area contributed by atoms with Crippen LogP contribution in [0.5, 0.6) is 0 Å². The van der Waals surface area contributed by atoms with Crippen LogP contribution in [0.25, 0.3) is 21.1 Å². The van der Waals surface area contributed by atoms with Gasteiger partial charge >= 0.3 is 0 Å². The molecule has 4 rings (SSSR count). The Balaban J connectivity index is 1.41. The zero-order valence-electron chi connectivity index (χ0n) is 19.3. The number of thiazole rings is 2. The molecule has 0 spiro atoms. The van der Waals surface area contributed by atoms with Crippen LogP contribution in [0.3, 0.4) is 0 Å². The molecule has 0 atom stereocenters. The van der Waals surface area contributed by atoms with E-state index < -0.39 is 0 Å². The number of rotatable bonds is 0. The molecule has 2 bridgehead atoms. The third kappa shape index (κ3) is 7.89. The second kappa shape index (κ2) is 14.6. The second-order valence-corrected chi connectivity index (χ2v) is 9.25. The summed E-state index contributed by atoms with van der Waals surface area (Å²) in [6, 6.07) is 8.59. The Labute approximate surface area is 208 Å². The maximum atomic E-state index is 5.84. The van der Waals surface area contributed by atoms with Gasteiger partial charge in [-0.25, -0.2) is 0 Å². The fraction of sp³-hybridized carbons (Fsp3) is 0.500. The number of nitrogens with zero attached hydrogens (tertiary/aromatic N) is 2. The Hall–Kier alpha value is -1.76. The van der Waals surface area contributed by atoms with Crippen LogP contribution in [-0.4, -0.2) is 66.1 Å². The summed E-state index contributed by atoms with van der Waals surface area (Å²) in [4.78, 5) is 0. The van der Waals surface area contributed by atoms with E-state index in [1.807, 2.05) is 0 Å². The molecule has 0 saturated heterocycles. The highest BCUT2D eigenvalue weighted by Crippen LogP contribution is 2.27. The predicted octanol–water partition coefficient (Wildman–Crippen LogP) is 2.75. The SMILES string of the molecule is c1cc2cc(c1)-c1scc[n+]1COCCOCCOCCOCCOCCOC[n+]1ccsc1-2. The van der Waals surface area contributed by atoms with Gasteiger partial charge in [0.15, 0.2) is 12.4 Å². The van der Waals surface area contributed by atoms with Crippen molar-refractivity contribution in [1.29, 1.82) is 0 Å². The molecule has 0 fully saturated rings. The average Bonchev–Trinajstić information content (AvgIpc) is 3.52. The minimum atomic E-state index is 0.481. The van der Waals surface area contributed by atoms with E-state index >= 15 is 0 Å². The highest BCUT2D eigenvalue weighted by Gasteiger charge is 2.20.